The van der Waals surface area contributed by atoms with Gasteiger partial charge < -0.3 is 0 Å². The molecule has 1 aromatic carbocycles. The number of aryl methyl sites for hydroxylation is 1. The van der Waals surface area contributed by atoms with E-state index < -0.39 is 10.0 Å². The number of aromatic nitrogens is 2. The Kier molecular flexibility index (Phi) is 5.36. The molecule has 0 unspecified atom stereocenters. The molecule has 1 N–H and O–H groups in total. The van der Waals surface area contributed by atoms with Gasteiger partial charge in [0, 0.05) is 19.8 Å². The Morgan fingerprint density at radius 2 is 1.88 bits per heavy atom. The van der Waals surface area contributed by atoms with E-state index in [1.54, 1.807) is 23.0 Å². The van der Waals surface area contributed by atoms with Crippen molar-refractivity contribution >= 4 is 10.0 Å². The fraction of sp³-hybridized carbons (Fsp3) is 0.500. The maximum Gasteiger partial charge on any atom is 0.240 e. The van der Waals surface area contributed by atoms with Crippen molar-refractivity contribution in [3.05, 3.63) is 47.8 Å². The third-order valence-electron chi connectivity index (χ3n) is 4.73. The average molecular weight is 347 g/mol. The van der Waals surface area contributed by atoms with Crippen LogP contribution in [0.3, 0.4) is 0 Å². The Morgan fingerprint density at radius 3 is 2.50 bits per heavy atom. The van der Waals surface area contributed by atoms with E-state index in [4.69, 9.17) is 0 Å². The van der Waals surface area contributed by atoms with Crippen LogP contribution in [-0.2, 0) is 23.5 Å². The van der Waals surface area contributed by atoms with E-state index in [2.05, 4.69) is 9.82 Å². The molecule has 1 aliphatic rings. The first-order valence-electron chi connectivity index (χ1n) is 8.62. The summed E-state index contributed by atoms with van der Waals surface area (Å²) in [5, 5.41) is 4.08. The van der Waals surface area contributed by atoms with Gasteiger partial charge in [-0.1, -0.05) is 31.4 Å². The minimum absolute atomic E-state index is 0.341. The topological polar surface area (TPSA) is 64.0 Å². The second kappa shape index (κ2) is 7.49. The number of sulfonamides is 1. The van der Waals surface area contributed by atoms with Crippen LogP contribution in [0.15, 0.2) is 41.6 Å². The highest BCUT2D eigenvalue weighted by atomic mass is 32.2. The van der Waals surface area contributed by atoms with Crippen LogP contribution in [0.4, 0.5) is 0 Å². The highest BCUT2D eigenvalue weighted by Gasteiger charge is 2.17. The Balaban J connectivity index is 1.59. The van der Waals surface area contributed by atoms with Crippen LogP contribution >= 0.6 is 0 Å². The van der Waals surface area contributed by atoms with E-state index in [9.17, 15) is 8.42 Å². The smallest absolute Gasteiger partial charge is 0.240 e. The van der Waals surface area contributed by atoms with Crippen molar-refractivity contribution in [1.82, 2.24) is 14.5 Å². The maximum atomic E-state index is 12.4. The highest BCUT2D eigenvalue weighted by Crippen LogP contribution is 2.32. The summed E-state index contributed by atoms with van der Waals surface area (Å²) < 4.78 is 29.1. The summed E-state index contributed by atoms with van der Waals surface area (Å²) in [6.45, 7) is 0.373. The number of rotatable bonds is 6. The normalized spacial score (nSPS) is 16.4. The molecule has 0 spiro atoms. The predicted molar refractivity (Wildman–Crippen MR) is 94.4 cm³/mol. The first-order chi connectivity index (χ1) is 11.5. The summed E-state index contributed by atoms with van der Waals surface area (Å²) >= 11 is 0. The quantitative estimate of drug-likeness (QED) is 0.874. The van der Waals surface area contributed by atoms with Gasteiger partial charge in [-0.15, -0.1) is 0 Å². The van der Waals surface area contributed by atoms with Crippen LogP contribution in [0.5, 0.6) is 0 Å². The third-order valence-corrected chi connectivity index (χ3v) is 6.21. The van der Waals surface area contributed by atoms with E-state index >= 15 is 0 Å². The molecule has 24 heavy (non-hydrogen) atoms. The number of nitrogens with zero attached hydrogens (tertiary/aromatic N) is 2. The number of nitrogens with one attached hydrogen (secondary N) is 1. The van der Waals surface area contributed by atoms with E-state index in [0.717, 1.165) is 5.56 Å². The lowest BCUT2D eigenvalue weighted by atomic mass is 9.84. The van der Waals surface area contributed by atoms with Gasteiger partial charge in [0.2, 0.25) is 10.0 Å². The summed E-state index contributed by atoms with van der Waals surface area (Å²) in [5.41, 5.74) is 2.29. The largest absolute Gasteiger partial charge is 0.276 e. The highest BCUT2D eigenvalue weighted by molar-refractivity contribution is 7.89. The van der Waals surface area contributed by atoms with Crippen LogP contribution < -0.4 is 4.72 Å². The third kappa shape index (κ3) is 4.24. The second-order valence-corrected chi connectivity index (χ2v) is 8.34. The molecule has 0 amide bonds. The summed E-state index contributed by atoms with van der Waals surface area (Å²) in [7, 11) is -1.60. The molecule has 3 rings (SSSR count). The van der Waals surface area contributed by atoms with Gasteiger partial charge in [0.15, 0.2) is 0 Å². The molecular formula is C18H25N3O2S. The lowest BCUT2D eigenvalue weighted by molar-refractivity contribution is 0.443. The first kappa shape index (κ1) is 17.2. The number of hydrogen-bond acceptors (Lipinski definition) is 3. The Hall–Kier alpha value is -1.66. The summed E-state index contributed by atoms with van der Waals surface area (Å²) in [6, 6.07) is 7.42. The van der Waals surface area contributed by atoms with Crippen LogP contribution in [0.25, 0.3) is 0 Å². The lowest BCUT2D eigenvalue weighted by Crippen LogP contribution is -2.26. The maximum absolute atomic E-state index is 12.4. The SMILES string of the molecule is Cn1cc(CCNS(=O)(=O)c2ccc(C3CCCCC3)cc2)cn1. The zero-order chi connectivity index (χ0) is 17.0. The van der Waals surface area contributed by atoms with Gasteiger partial charge in [-0.05, 0) is 48.4 Å². The summed E-state index contributed by atoms with van der Waals surface area (Å²) in [6.07, 6.45) is 10.6. The van der Waals surface area contributed by atoms with Crippen molar-refractivity contribution < 1.29 is 8.42 Å². The number of hydrogen-bond donors (Lipinski definition) is 1. The Bertz CT molecular complexity index is 760. The van der Waals surface area contributed by atoms with Gasteiger partial charge in [-0.3, -0.25) is 4.68 Å². The van der Waals surface area contributed by atoms with Crippen molar-refractivity contribution in [3.63, 3.8) is 0 Å². The molecule has 0 aliphatic heterocycles. The van der Waals surface area contributed by atoms with Crippen LogP contribution in [0, 0.1) is 0 Å². The van der Waals surface area contributed by atoms with Crippen molar-refractivity contribution in [1.29, 1.82) is 0 Å². The Morgan fingerprint density at radius 1 is 1.17 bits per heavy atom. The van der Waals surface area contributed by atoms with Crippen LogP contribution in [0.1, 0.15) is 49.1 Å². The average Bonchev–Trinajstić information content (AvgIpc) is 3.01. The van der Waals surface area contributed by atoms with E-state index in [1.807, 2.05) is 25.4 Å². The van der Waals surface area contributed by atoms with Gasteiger partial charge in [-0.25, -0.2) is 13.1 Å². The molecule has 130 valence electrons. The summed E-state index contributed by atoms with van der Waals surface area (Å²) in [4.78, 5) is 0.341. The molecule has 1 fully saturated rings. The molecule has 1 saturated carbocycles. The molecule has 0 bridgehead atoms. The molecule has 0 radical (unpaired) electrons. The second-order valence-electron chi connectivity index (χ2n) is 6.57. The molecule has 2 aromatic rings. The molecule has 1 aliphatic carbocycles. The zero-order valence-electron chi connectivity index (χ0n) is 14.1. The van der Waals surface area contributed by atoms with Crippen molar-refractivity contribution in [3.8, 4) is 0 Å². The Labute approximate surface area is 144 Å². The van der Waals surface area contributed by atoms with Gasteiger partial charge in [0.25, 0.3) is 0 Å². The number of benzene rings is 1. The van der Waals surface area contributed by atoms with Gasteiger partial charge in [-0.2, -0.15) is 5.10 Å². The summed E-state index contributed by atoms with van der Waals surface area (Å²) in [5.74, 6) is 0.592. The fourth-order valence-corrected chi connectivity index (χ4v) is 4.40. The standard InChI is InChI=1S/C18H25N3O2S/c1-21-14-15(13-19-21)11-12-20-24(22,23)18-9-7-17(8-10-18)16-5-3-2-4-6-16/h7-10,13-14,16,20H,2-6,11-12H2,1H3. The van der Waals surface area contributed by atoms with Gasteiger partial charge in [0.05, 0.1) is 11.1 Å². The molecule has 0 atom stereocenters. The molecular weight excluding hydrogens is 322 g/mol. The minimum atomic E-state index is -3.45. The molecule has 6 heteroatoms. The van der Waals surface area contributed by atoms with E-state index in [0.29, 0.717) is 23.8 Å². The van der Waals surface area contributed by atoms with Crippen LogP contribution in [0.2, 0.25) is 0 Å². The first-order valence-corrected chi connectivity index (χ1v) is 10.1. The predicted octanol–water partition coefficient (Wildman–Crippen LogP) is 2.99. The van der Waals surface area contributed by atoms with Crippen molar-refractivity contribution in [2.45, 2.75) is 49.3 Å². The monoisotopic (exact) mass is 347 g/mol. The molecule has 0 saturated heterocycles. The van der Waals surface area contributed by atoms with Gasteiger partial charge >= 0.3 is 0 Å². The molecule has 1 aromatic heterocycles. The molecule has 5 nitrogen and oxygen atoms in total. The van der Waals surface area contributed by atoms with E-state index in [-0.39, 0.29) is 0 Å². The van der Waals surface area contributed by atoms with Crippen LogP contribution in [-0.4, -0.2) is 24.7 Å². The van der Waals surface area contributed by atoms with Crippen molar-refractivity contribution in [2.24, 2.45) is 7.05 Å². The fourth-order valence-electron chi connectivity index (χ4n) is 3.37. The van der Waals surface area contributed by atoms with Crippen molar-refractivity contribution in [2.75, 3.05) is 6.54 Å². The lowest BCUT2D eigenvalue weighted by Gasteiger charge is -2.22. The minimum Gasteiger partial charge on any atom is -0.276 e. The van der Waals surface area contributed by atoms with Gasteiger partial charge in [0.1, 0.15) is 0 Å². The zero-order valence-corrected chi connectivity index (χ0v) is 14.9. The molecule has 1 heterocycles. The van der Waals surface area contributed by atoms with E-state index in [1.165, 1.54) is 37.7 Å².